The van der Waals surface area contributed by atoms with Gasteiger partial charge in [-0.25, -0.2) is 14.0 Å². The van der Waals surface area contributed by atoms with Crippen LogP contribution in [-0.4, -0.2) is 60.7 Å². The molecule has 0 radical (unpaired) electrons. The van der Waals surface area contributed by atoms with Gasteiger partial charge in [-0.15, -0.1) is 0 Å². The van der Waals surface area contributed by atoms with E-state index in [-0.39, 0.29) is 11.5 Å². The van der Waals surface area contributed by atoms with Crippen LogP contribution in [0.2, 0.25) is 0 Å². The number of aromatic nitrogens is 2. The van der Waals surface area contributed by atoms with E-state index in [0.29, 0.717) is 30.2 Å². The largest absolute Gasteiger partial charge is 0.493 e. The van der Waals surface area contributed by atoms with Gasteiger partial charge in [0.25, 0.3) is 0 Å². The van der Waals surface area contributed by atoms with Crippen LogP contribution in [0.5, 0.6) is 5.75 Å². The Hall–Kier alpha value is -3.37. The first kappa shape index (κ1) is 32.1. The van der Waals surface area contributed by atoms with Gasteiger partial charge in [-0.2, -0.15) is 4.98 Å². The lowest BCUT2D eigenvalue weighted by Gasteiger charge is -2.33. The first-order chi connectivity index (χ1) is 19.3. The lowest BCUT2D eigenvalue weighted by Crippen LogP contribution is -2.46. The second kappa shape index (κ2) is 14.0. The number of halogens is 1. The van der Waals surface area contributed by atoms with Crippen molar-refractivity contribution in [1.82, 2.24) is 15.5 Å². The molecule has 0 saturated carbocycles. The summed E-state index contributed by atoms with van der Waals surface area (Å²) in [5, 5.41) is 6.58. The molecule has 1 saturated heterocycles. The SMILES string of the molecule is COC(=O)[C@@H](NC(=O)OC(C)(C)C)[C@@H](C)c1ccc(OCCC(C)C2CCN(c3nc(C(C)C)no3)CC2)cc1F. The van der Waals surface area contributed by atoms with E-state index in [2.05, 4.69) is 27.3 Å². The zero-order valence-corrected chi connectivity index (χ0v) is 25.5. The molecule has 10 nitrogen and oxygen atoms in total. The Morgan fingerprint density at radius 3 is 2.41 bits per heavy atom. The molecular formula is C30H45FN4O6. The fourth-order valence-electron chi connectivity index (χ4n) is 4.94. The van der Waals surface area contributed by atoms with Crippen LogP contribution < -0.4 is 15.0 Å². The highest BCUT2D eigenvalue weighted by Crippen LogP contribution is 2.31. The number of carbonyl (C=O) groups is 2. The Balaban J connectivity index is 1.50. The zero-order chi connectivity index (χ0) is 30.3. The number of esters is 1. The van der Waals surface area contributed by atoms with E-state index in [4.69, 9.17) is 18.7 Å². The Kier molecular flexibility index (Phi) is 11.0. The third kappa shape index (κ3) is 9.06. The Morgan fingerprint density at radius 1 is 1.17 bits per heavy atom. The Bertz CT molecular complexity index is 1160. The van der Waals surface area contributed by atoms with E-state index in [1.807, 2.05) is 13.8 Å². The van der Waals surface area contributed by atoms with Crippen LogP contribution in [0.25, 0.3) is 0 Å². The molecule has 1 fully saturated rings. The van der Waals surface area contributed by atoms with Crippen molar-refractivity contribution in [2.75, 3.05) is 31.7 Å². The molecule has 0 aliphatic carbocycles. The predicted octanol–water partition coefficient (Wildman–Crippen LogP) is 5.82. The van der Waals surface area contributed by atoms with Gasteiger partial charge in [-0.3, -0.25) is 0 Å². The number of rotatable bonds is 11. The maximum absolute atomic E-state index is 15.1. The van der Waals surface area contributed by atoms with Crippen LogP contribution in [0.15, 0.2) is 22.7 Å². The average molecular weight is 577 g/mol. The van der Waals surface area contributed by atoms with Gasteiger partial charge in [0.2, 0.25) is 0 Å². The normalized spacial score (nSPS) is 16.7. The summed E-state index contributed by atoms with van der Waals surface area (Å²) in [6.45, 7) is 15.3. The molecular weight excluding hydrogens is 531 g/mol. The molecule has 1 aliphatic heterocycles. The third-order valence-electron chi connectivity index (χ3n) is 7.49. The molecule has 41 heavy (non-hydrogen) atoms. The molecule has 0 bridgehead atoms. The molecule has 1 unspecified atom stereocenters. The highest BCUT2D eigenvalue weighted by Gasteiger charge is 2.32. The van der Waals surface area contributed by atoms with Crippen molar-refractivity contribution in [2.45, 2.75) is 91.2 Å². The molecule has 1 N–H and O–H groups in total. The van der Waals surface area contributed by atoms with E-state index >= 15 is 4.39 Å². The second-order valence-electron chi connectivity index (χ2n) is 12.1. The van der Waals surface area contributed by atoms with Crippen molar-refractivity contribution in [1.29, 1.82) is 0 Å². The number of methoxy groups -OCH3 is 1. The molecule has 11 heteroatoms. The molecule has 1 amide bonds. The summed E-state index contributed by atoms with van der Waals surface area (Å²) in [6.07, 6.45) is 2.11. The first-order valence-electron chi connectivity index (χ1n) is 14.4. The number of amides is 1. The van der Waals surface area contributed by atoms with Crippen LogP contribution in [0.4, 0.5) is 15.2 Å². The smallest absolute Gasteiger partial charge is 0.408 e. The molecule has 3 rings (SSSR count). The number of anilines is 1. The van der Waals surface area contributed by atoms with E-state index in [9.17, 15) is 9.59 Å². The number of alkyl carbamates (subject to hydrolysis) is 1. The average Bonchev–Trinajstić information content (AvgIpc) is 3.41. The van der Waals surface area contributed by atoms with Gasteiger partial charge in [-0.05, 0) is 63.5 Å². The molecule has 3 atom stereocenters. The number of nitrogens with zero attached hydrogens (tertiary/aromatic N) is 3. The summed E-state index contributed by atoms with van der Waals surface area (Å²) in [5.41, 5.74) is -0.495. The molecule has 2 aromatic rings. The topological polar surface area (TPSA) is 116 Å². The third-order valence-corrected chi connectivity index (χ3v) is 7.49. The van der Waals surface area contributed by atoms with Crippen molar-refractivity contribution in [3.05, 3.63) is 35.4 Å². The maximum Gasteiger partial charge on any atom is 0.408 e. The van der Waals surface area contributed by atoms with Gasteiger partial charge in [0.05, 0.1) is 13.7 Å². The number of benzene rings is 1. The summed E-state index contributed by atoms with van der Waals surface area (Å²) in [7, 11) is 1.21. The van der Waals surface area contributed by atoms with Crippen molar-refractivity contribution < 1.29 is 32.7 Å². The molecule has 2 heterocycles. The Morgan fingerprint density at radius 2 is 1.85 bits per heavy atom. The van der Waals surface area contributed by atoms with Crippen molar-refractivity contribution >= 4 is 18.1 Å². The van der Waals surface area contributed by atoms with Gasteiger partial charge in [0.15, 0.2) is 5.82 Å². The van der Waals surface area contributed by atoms with Crippen LogP contribution in [0, 0.1) is 17.7 Å². The first-order valence-corrected chi connectivity index (χ1v) is 14.4. The molecule has 1 aliphatic rings. The number of carbonyl (C=O) groups excluding carboxylic acids is 2. The van der Waals surface area contributed by atoms with Crippen LogP contribution in [-0.2, 0) is 14.3 Å². The van der Waals surface area contributed by atoms with E-state index in [1.54, 1.807) is 39.8 Å². The van der Waals surface area contributed by atoms with Gasteiger partial charge >= 0.3 is 18.1 Å². The maximum atomic E-state index is 15.1. The summed E-state index contributed by atoms with van der Waals surface area (Å²) < 4.78 is 36.6. The van der Waals surface area contributed by atoms with Crippen LogP contribution in [0.3, 0.4) is 0 Å². The van der Waals surface area contributed by atoms with Gasteiger partial charge in [0.1, 0.15) is 23.2 Å². The fourth-order valence-corrected chi connectivity index (χ4v) is 4.94. The highest BCUT2D eigenvalue weighted by atomic mass is 19.1. The fraction of sp³-hybridized carbons (Fsp3) is 0.667. The van der Waals surface area contributed by atoms with Crippen LogP contribution >= 0.6 is 0 Å². The van der Waals surface area contributed by atoms with Gasteiger partial charge in [0, 0.05) is 31.0 Å². The summed E-state index contributed by atoms with van der Waals surface area (Å²) in [5.74, 6) is 0.428. The van der Waals surface area contributed by atoms with Gasteiger partial charge in [-0.1, -0.05) is 38.9 Å². The Labute approximate surface area is 242 Å². The minimum atomic E-state index is -1.12. The quantitative estimate of drug-likeness (QED) is 0.330. The molecule has 1 aromatic heterocycles. The van der Waals surface area contributed by atoms with Crippen molar-refractivity contribution in [3.63, 3.8) is 0 Å². The minimum absolute atomic E-state index is 0.232. The zero-order valence-electron chi connectivity index (χ0n) is 25.5. The second-order valence-corrected chi connectivity index (χ2v) is 12.1. The van der Waals surface area contributed by atoms with E-state index in [0.717, 1.165) is 38.2 Å². The summed E-state index contributed by atoms with van der Waals surface area (Å²) in [4.78, 5) is 31.4. The van der Waals surface area contributed by atoms with Crippen molar-refractivity contribution in [2.24, 2.45) is 11.8 Å². The van der Waals surface area contributed by atoms with Crippen LogP contribution in [0.1, 0.15) is 91.0 Å². The number of ether oxygens (including phenoxy) is 3. The number of hydrogen-bond donors (Lipinski definition) is 1. The number of hydrogen-bond acceptors (Lipinski definition) is 9. The highest BCUT2D eigenvalue weighted by molar-refractivity contribution is 5.82. The number of piperidine rings is 1. The predicted molar refractivity (Wildman–Crippen MR) is 153 cm³/mol. The molecule has 0 spiro atoms. The number of nitrogens with one attached hydrogen (secondary N) is 1. The molecule has 1 aromatic carbocycles. The van der Waals surface area contributed by atoms with E-state index < -0.39 is 35.4 Å². The molecule has 228 valence electrons. The lowest BCUT2D eigenvalue weighted by atomic mass is 9.84. The van der Waals surface area contributed by atoms with E-state index in [1.165, 1.54) is 13.2 Å². The van der Waals surface area contributed by atoms with Gasteiger partial charge < -0.3 is 29.0 Å². The lowest BCUT2D eigenvalue weighted by molar-refractivity contribution is -0.143. The van der Waals surface area contributed by atoms with Crippen molar-refractivity contribution in [3.8, 4) is 5.75 Å². The standard InChI is InChI=1S/C30H45FN4O6/c1-18(2)26-33-28(41-34-26)35-14-11-21(12-15-35)19(3)13-16-39-22-9-10-23(24(31)17-22)20(4)25(27(36)38-8)32-29(37)40-30(5,6)7/h9-10,17-21,25H,11-16H2,1-8H3,(H,32,37)/t19?,20-,25-/m0/s1. The monoisotopic (exact) mass is 576 g/mol. The summed E-state index contributed by atoms with van der Waals surface area (Å²) >= 11 is 0. The summed E-state index contributed by atoms with van der Waals surface area (Å²) in [6, 6.07) is 4.04. The minimum Gasteiger partial charge on any atom is -0.493 e.